The number of nitrogens with zero attached hydrogens (tertiary/aromatic N) is 2. The molecule has 0 aliphatic rings. The van der Waals surface area contributed by atoms with E-state index in [0.717, 1.165) is 0 Å². The topological polar surface area (TPSA) is 34.9 Å². The fourth-order valence-electron chi connectivity index (χ4n) is 0.937. The van der Waals surface area contributed by atoms with Crippen LogP contribution in [0.1, 0.15) is 17.4 Å². The first kappa shape index (κ1) is 9.00. The van der Waals surface area contributed by atoms with Gasteiger partial charge in [-0.05, 0) is 13.0 Å². The number of aryl methyl sites for hydroxylation is 1. The summed E-state index contributed by atoms with van der Waals surface area (Å²) in [6, 6.07) is 0. The molecule has 12 heavy (non-hydrogen) atoms. The first-order valence-electron chi connectivity index (χ1n) is 3.58. The minimum Gasteiger partial charge on any atom is -0.327 e. The number of carbonyl (C=O) groups is 1. The van der Waals surface area contributed by atoms with E-state index in [4.69, 9.17) is 11.6 Å². The van der Waals surface area contributed by atoms with Gasteiger partial charge in [0.1, 0.15) is 5.69 Å². The minimum absolute atomic E-state index is 0.195. The SMILES string of the molecule is C=CC(=O)c1c(Cl)ncn1CC. The predicted octanol–water partition coefficient (Wildman–Crippen LogP) is 1.93. The van der Waals surface area contributed by atoms with Crippen LogP contribution in [0.2, 0.25) is 5.15 Å². The van der Waals surface area contributed by atoms with Crippen LogP contribution in [-0.2, 0) is 6.54 Å². The molecule has 0 radical (unpaired) electrons. The Balaban J connectivity index is 3.18. The third-order valence-electron chi connectivity index (χ3n) is 1.55. The molecule has 0 saturated heterocycles. The molecule has 1 aromatic rings. The molecule has 64 valence electrons. The van der Waals surface area contributed by atoms with Crippen LogP contribution in [-0.4, -0.2) is 15.3 Å². The number of hydrogen-bond acceptors (Lipinski definition) is 2. The summed E-state index contributed by atoms with van der Waals surface area (Å²) in [5, 5.41) is 0.238. The molecule has 0 bridgehead atoms. The number of rotatable bonds is 3. The lowest BCUT2D eigenvalue weighted by atomic mass is 10.3. The highest BCUT2D eigenvalue weighted by molar-refractivity contribution is 6.33. The van der Waals surface area contributed by atoms with Crippen molar-refractivity contribution >= 4 is 17.4 Å². The van der Waals surface area contributed by atoms with Crippen molar-refractivity contribution < 1.29 is 4.79 Å². The van der Waals surface area contributed by atoms with Gasteiger partial charge in [-0.1, -0.05) is 18.2 Å². The Morgan fingerprint density at radius 2 is 2.58 bits per heavy atom. The molecule has 0 atom stereocenters. The van der Waals surface area contributed by atoms with Crippen LogP contribution in [0.15, 0.2) is 19.0 Å². The normalized spacial score (nSPS) is 9.83. The average Bonchev–Trinajstić information content (AvgIpc) is 2.45. The summed E-state index contributed by atoms with van der Waals surface area (Å²) in [5.41, 5.74) is 0.411. The second-order valence-corrected chi connectivity index (χ2v) is 2.60. The quantitative estimate of drug-likeness (QED) is 0.532. The van der Waals surface area contributed by atoms with Crippen LogP contribution in [0, 0.1) is 0 Å². The van der Waals surface area contributed by atoms with Crippen molar-refractivity contribution in [3.63, 3.8) is 0 Å². The van der Waals surface area contributed by atoms with E-state index in [0.29, 0.717) is 12.2 Å². The Morgan fingerprint density at radius 1 is 1.92 bits per heavy atom. The molecule has 0 N–H and O–H groups in total. The lowest BCUT2D eigenvalue weighted by Crippen LogP contribution is -2.05. The van der Waals surface area contributed by atoms with E-state index >= 15 is 0 Å². The fraction of sp³-hybridized carbons (Fsp3) is 0.250. The summed E-state index contributed by atoms with van der Waals surface area (Å²) in [6.45, 7) is 5.97. The van der Waals surface area contributed by atoms with E-state index < -0.39 is 0 Å². The van der Waals surface area contributed by atoms with Gasteiger partial charge in [0.05, 0.1) is 6.33 Å². The smallest absolute Gasteiger partial charge is 0.204 e. The van der Waals surface area contributed by atoms with Gasteiger partial charge >= 0.3 is 0 Å². The largest absolute Gasteiger partial charge is 0.327 e. The number of halogens is 1. The van der Waals surface area contributed by atoms with Crippen molar-refractivity contribution in [2.75, 3.05) is 0 Å². The van der Waals surface area contributed by atoms with E-state index in [1.807, 2.05) is 6.92 Å². The van der Waals surface area contributed by atoms with Crippen molar-refractivity contribution in [3.05, 3.63) is 29.8 Å². The summed E-state index contributed by atoms with van der Waals surface area (Å²) < 4.78 is 1.69. The number of aromatic nitrogens is 2. The Hall–Kier alpha value is -1.09. The van der Waals surface area contributed by atoms with Gasteiger partial charge in [-0.15, -0.1) is 0 Å². The van der Waals surface area contributed by atoms with Crippen molar-refractivity contribution in [2.24, 2.45) is 0 Å². The van der Waals surface area contributed by atoms with Crippen LogP contribution in [0.5, 0.6) is 0 Å². The highest BCUT2D eigenvalue weighted by Crippen LogP contribution is 2.14. The molecule has 0 unspecified atom stereocenters. The highest BCUT2D eigenvalue weighted by Gasteiger charge is 2.12. The lowest BCUT2D eigenvalue weighted by Gasteiger charge is -2.00. The molecule has 0 amide bonds. The first-order valence-corrected chi connectivity index (χ1v) is 3.95. The van der Waals surface area contributed by atoms with Crippen LogP contribution in [0.3, 0.4) is 0 Å². The molecule has 3 nitrogen and oxygen atoms in total. The molecule has 0 aromatic carbocycles. The maximum absolute atomic E-state index is 11.2. The molecule has 1 aromatic heterocycles. The van der Waals surface area contributed by atoms with Crippen molar-refractivity contribution in [3.8, 4) is 0 Å². The van der Waals surface area contributed by atoms with Gasteiger partial charge < -0.3 is 4.57 Å². The van der Waals surface area contributed by atoms with Crippen LogP contribution < -0.4 is 0 Å². The van der Waals surface area contributed by atoms with E-state index in [9.17, 15) is 4.79 Å². The second-order valence-electron chi connectivity index (χ2n) is 2.24. The summed E-state index contributed by atoms with van der Waals surface area (Å²) in [5.74, 6) is -0.195. The average molecular weight is 185 g/mol. The number of ketones is 1. The zero-order chi connectivity index (χ0) is 9.14. The van der Waals surface area contributed by atoms with Gasteiger partial charge in [0.2, 0.25) is 5.78 Å². The molecular formula is C8H9ClN2O. The number of carbonyl (C=O) groups excluding carboxylic acids is 1. The number of imidazole rings is 1. The van der Waals surface area contributed by atoms with Crippen molar-refractivity contribution in [1.82, 2.24) is 9.55 Å². The molecule has 0 aliphatic carbocycles. The third-order valence-corrected chi connectivity index (χ3v) is 1.83. The summed E-state index contributed by atoms with van der Waals surface area (Å²) >= 11 is 5.70. The third kappa shape index (κ3) is 1.41. The van der Waals surface area contributed by atoms with Crippen molar-refractivity contribution in [2.45, 2.75) is 13.5 Å². The lowest BCUT2D eigenvalue weighted by molar-refractivity contribution is 0.103. The highest BCUT2D eigenvalue weighted by atomic mass is 35.5. The Labute approximate surface area is 75.7 Å². The van der Waals surface area contributed by atoms with Gasteiger partial charge in [0, 0.05) is 6.54 Å². The van der Waals surface area contributed by atoms with Crippen LogP contribution in [0.4, 0.5) is 0 Å². The maximum atomic E-state index is 11.2. The minimum atomic E-state index is -0.195. The van der Waals surface area contributed by atoms with E-state index in [1.54, 1.807) is 10.9 Å². The van der Waals surface area contributed by atoms with E-state index in [2.05, 4.69) is 11.6 Å². The maximum Gasteiger partial charge on any atom is 0.204 e. The van der Waals surface area contributed by atoms with Crippen molar-refractivity contribution in [1.29, 1.82) is 0 Å². The van der Waals surface area contributed by atoms with Gasteiger partial charge in [-0.3, -0.25) is 4.79 Å². The molecule has 4 heteroatoms. The van der Waals surface area contributed by atoms with E-state index in [1.165, 1.54) is 6.08 Å². The summed E-state index contributed by atoms with van der Waals surface area (Å²) in [6.07, 6.45) is 2.77. The van der Waals surface area contributed by atoms with Crippen LogP contribution >= 0.6 is 11.6 Å². The molecule has 0 saturated carbocycles. The zero-order valence-corrected chi connectivity index (χ0v) is 7.51. The molecule has 0 fully saturated rings. The fourth-order valence-corrected chi connectivity index (χ4v) is 1.18. The standard InChI is InChI=1S/C8H9ClN2O/c1-3-6(12)7-8(9)10-5-11(7)4-2/h3,5H,1,4H2,2H3. The summed E-state index contributed by atoms with van der Waals surface area (Å²) in [4.78, 5) is 15.0. The van der Waals surface area contributed by atoms with E-state index in [-0.39, 0.29) is 10.9 Å². The van der Waals surface area contributed by atoms with Gasteiger partial charge in [-0.2, -0.15) is 0 Å². The number of allylic oxidation sites excluding steroid dienone is 1. The predicted molar refractivity (Wildman–Crippen MR) is 47.4 cm³/mol. The Bertz CT molecular complexity index is 317. The molecule has 0 aliphatic heterocycles. The Morgan fingerprint density at radius 3 is 3.08 bits per heavy atom. The molecule has 0 spiro atoms. The molecule has 1 heterocycles. The Kier molecular flexibility index (Phi) is 2.65. The zero-order valence-electron chi connectivity index (χ0n) is 6.75. The van der Waals surface area contributed by atoms with Gasteiger partial charge in [0.25, 0.3) is 0 Å². The summed E-state index contributed by atoms with van der Waals surface area (Å²) in [7, 11) is 0. The van der Waals surface area contributed by atoms with Gasteiger partial charge in [0.15, 0.2) is 5.15 Å². The van der Waals surface area contributed by atoms with Crippen LogP contribution in [0.25, 0.3) is 0 Å². The van der Waals surface area contributed by atoms with Gasteiger partial charge in [-0.25, -0.2) is 4.98 Å². The second kappa shape index (κ2) is 3.54. The monoisotopic (exact) mass is 184 g/mol. The molecule has 1 rings (SSSR count). The molecular weight excluding hydrogens is 176 g/mol. The number of hydrogen-bond donors (Lipinski definition) is 0. The first-order chi connectivity index (χ1) is 5.70.